The van der Waals surface area contributed by atoms with Gasteiger partial charge in [0.1, 0.15) is 0 Å². The summed E-state index contributed by atoms with van der Waals surface area (Å²) in [5.74, 6) is -3.19. The smallest absolute Gasteiger partial charge is 0.550 e. The number of unbranched alkanes of at least 4 members (excludes halogenated alkanes) is 7. The van der Waals surface area contributed by atoms with Crippen LogP contribution in [0.5, 0.6) is 0 Å². The molecule has 0 unspecified atom stereocenters. The second-order valence-electron chi connectivity index (χ2n) is 5.57. The molecule has 1 atom stereocenters. The maximum atomic E-state index is 11.6. The van der Waals surface area contributed by atoms with Crippen LogP contribution >= 0.6 is 0 Å². The average molecular weight is 392 g/mol. The number of amides is 1. The van der Waals surface area contributed by atoms with E-state index in [1.165, 1.54) is 25.7 Å². The molecule has 0 bridgehead atoms. The molecule has 8 heteroatoms. The molecule has 0 rings (SSSR count). The number of nitrogens with one attached hydrogen (secondary N) is 1. The van der Waals surface area contributed by atoms with Gasteiger partial charge in [-0.05, 0) is 19.3 Å². The fourth-order valence-corrected chi connectivity index (χ4v) is 2.20. The molecule has 0 saturated carbocycles. The van der Waals surface area contributed by atoms with Crippen molar-refractivity contribution in [3.63, 3.8) is 0 Å². The van der Waals surface area contributed by atoms with Gasteiger partial charge in [0.2, 0.25) is 5.91 Å². The molecule has 0 aromatic rings. The van der Waals surface area contributed by atoms with Gasteiger partial charge in [-0.2, -0.15) is 0 Å². The number of rotatable bonds is 14. The number of carboxylic acids is 2. The molecular weight excluding hydrogens is 364 g/mol. The Hall–Kier alpha value is 1.68. The Balaban J connectivity index is -0.00000220. The first-order chi connectivity index (χ1) is 10.5. The molecule has 1 amide bonds. The van der Waals surface area contributed by atoms with Crippen LogP contribution in [0.3, 0.4) is 0 Å². The molecule has 0 aliphatic carbocycles. The summed E-state index contributed by atoms with van der Waals surface area (Å²) in [4.78, 5) is 32.7. The second-order valence-corrected chi connectivity index (χ2v) is 5.57. The van der Waals surface area contributed by atoms with Gasteiger partial charge in [-0.25, -0.2) is 0 Å². The van der Waals surface area contributed by atoms with E-state index >= 15 is 0 Å². The third-order valence-corrected chi connectivity index (χ3v) is 3.51. The van der Waals surface area contributed by atoms with E-state index < -0.39 is 24.4 Å². The Morgan fingerprint density at radius 2 is 1.33 bits per heavy atom. The SMILES string of the molecule is CCCCCCCCCCC(=O)N[C@@H](CCC(=O)[O-])C(=O)[O-].[K+].[K+]. The topological polar surface area (TPSA) is 109 Å². The maximum absolute atomic E-state index is 11.6. The molecule has 6 nitrogen and oxygen atoms in total. The Kier molecular flexibility index (Phi) is 26.6. The summed E-state index contributed by atoms with van der Waals surface area (Å²) >= 11 is 0. The minimum absolute atomic E-state index is 0. The zero-order valence-corrected chi connectivity index (χ0v) is 21.6. The van der Waals surface area contributed by atoms with E-state index in [4.69, 9.17) is 0 Å². The van der Waals surface area contributed by atoms with Crippen LogP contribution in [-0.4, -0.2) is 23.9 Å². The minimum Gasteiger partial charge on any atom is -0.550 e. The van der Waals surface area contributed by atoms with Crippen LogP contribution in [-0.2, 0) is 14.4 Å². The Morgan fingerprint density at radius 1 is 0.833 bits per heavy atom. The number of carbonyl (C=O) groups excluding carboxylic acids is 3. The summed E-state index contributed by atoms with van der Waals surface area (Å²) in [5.41, 5.74) is 0. The summed E-state index contributed by atoms with van der Waals surface area (Å²) in [5, 5.41) is 23.4. The minimum atomic E-state index is -1.47. The van der Waals surface area contributed by atoms with E-state index in [0.717, 1.165) is 19.3 Å². The van der Waals surface area contributed by atoms with Crippen LogP contribution < -0.4 is 118 Å². The summed E-state index contributed by atoms with van der Waals surface area (Å²) < 4.78 is 0. The van der Waals surface area contributed by atoms with Crippen LogP contribution in [0.4, 0.5) is 0 Å². The molecular formula is C16H27K2NO5. The van der Waals surface area contributed by atoms with E-state index in [2.05, 4.69) is 12.2 Å². The molecule has 0 spiro atoms. The Morgan fingerprint density at radius 3 is 1.79 bits per heavy atom. The van der Waals surface area contributed by atoms with Crippen molar-refractivity contribution in [1.29, 1.82) is 0 Å². The van der Waals surface area contributed by atoms with Crippen molar-refractivity contribution >= 4 is 17.8 Å². The summed E-state index contributed by atoms with van der Waals surface area (Å²) in [6.45, 7) is 2.17. The van der Waals surface area contributed by atoms with Crippen molar-refractivity contribution < 1.29 is 127 Å². The zero-order valence-electron chi connectivity index (χ0n) is 15.4. The fraction of sp³-hybridized carbons (Fsp3) is 0.812. The van der Waals surface area contributed by atoms with E-state index in [-0.39, 0.29) is 122 Å². The van der Waals surface area contributed by atoms with E-state index in [9.17, 15) is 24.6 Å². The molecule has 0 aromatic heterocycles. The Bertz CT molecular complexity index is 353. The molecule has 24 heavy (non-hydrogen) atoms. The summed E-state index contributed by atoms with van der Waals surface area (Å²) in [6.07, 6.45) is 8.46. The average Bonchev–Trinajstić information content (AvgIpc) is 2.45. The molecule has 0 heterocycles. The summed E-state index contributed by atoms with van der Waals surface area (Å²) in [7, 11) is 0. The van der Waals surface area contributed by atoms with E-state index in [1.54, 1.807) is 0 Å². The van der Waals surface area contributed by atoms with Gasteiger partial charge in [0.25, 0.3) is 0 Å². The second kappa shape index (κ2) is 21.0. The van der Waals surface area contributed by atoms with Crippen LogP contribution in [0.15, 0.2) is 0 Å². The normalized spacial score (nSPS) is 10.9. The van der Waals surface area contributed by atoms with Gasteiger partial charge in [-0.1, -0.05) is 51.9 Å². The fourth-order valence-electron chi connectivity index (χ4n) is 2.20. The van der Waals surface area contributed by atoms with Crippen molar-refractivity contribution in [3.05, 3.63) is 0 Å². The first kappa shape index (κ1) is 30.4. The number of hydrogen-bond acceptors (Lipinski definition) is 5. The zero-order chi connectivity index (χ0) is 16.8. The van der Waals surface area contributed by atoms with E-state index in [0.29, 0.717) is 6.42 Å². The van der Waals surface area contributed by atoms with Gasteiger partial charge < -0.3 is 25.1 Å². The molecule has 0 aliphatic heterocycles. The van der Waals surface area contributed by atoms with Crippen LogP contribution in [0, 0.1) is 0 Å². The predicted octanol–water partition coefficient (Wildman–Crippen LogP) is -5.71. The van der Waals surface area contributed by atoms with Crippen molar-refractivity contribution in [3.8, 4) is 0 Å². The monoisotopic (exact) mass is 391 g/mol. The van der Waals surface area contributed by atoms with Crippen LogP contribution in [0.25, 0.3) is 0 Å². The van der Waals surface area contributed by atoms with Gasteiger partial charge in [0.05, 0.1) is 12.0 Å². The molecule has 0 fully saturated rings. The van der Waals surface area contributed by atoms with Crippen LogP contribution in [0.2, 0.25) is 0 Å². The molecule has 0 saturated heterocycles. The molecule has 128 valence electrons. The quantitative estimate of drug-likeness (QED) is 0.234. The largest absolute Gasteiger partial charge is 1.00 e. The van der Waals surface area contributed by atoms with Gasteiger partial charge in [0, 0.05) is 12.4 Å². The van der Waals surface area contributed by atoms with Gasteiger partial charge in [-0.15, -0.1) is 0 Å². The third-order valence-electron chi connectivity index (χ3n) is 3.51. The van der Waals surface area contributed by atoms with Gasteiger partial charge >= 0.3 is 103 Å². The number of aliphatic carboxylic acids is 2. The first-order valence-corrected chi connectivity index (χ1v) is 8.17. The molecule has 0 aliphatic rings. The number of carboxylic acid groups (broad SMARTS) is 2. The van der Waals surface area contributed by atoms with Crippen molar-refractivity contribution in [1.82, 2.24) is 5.32 Å². The molecule has 0 radical (unpaired) electrons. The Labute approximate surface area is 230 Å². The van der Waals surface area contributed by atoms with Gasteiger partial charge in [-0.3, -0.25) is 4.79 Å². The number of hydrogen-bond donors (Lipinski definition) is 1. The third kappa shape index (κ3) is 20.0. The summed E-state index contributed by atoms with van der Waals surface area (Å²) in [6, 6.07) is -1.26. The van der Waals surface area contributed by atoms with Gasteiger partial charge in [0.15, 0.2) is 0 Å². The number of carbonyl (C=O) groups is 3. The molecule has 1 N–H and O–H groups in total. The van der Waals surface area contributed by atoms with E-state index in [1.807, 2.05) is 0 Å². The van der Waals surface area contributed by atoms with Crippen molar-refractivity contribution in [2.75, 3.05) is 0 Å². The maximum Gasteiger partial charge on any atom is 1.00 e. The van der Waals surface area contributed by atoms with Crippen LogP contribution in [0.1, 0.15) is 77.6 Å². The predicted molar refractivity (Wildman–Crippen MR) is 78.4 cm³/mol. The molecule has 0 aromatic carbocycles. The van der Waals surface area contributed by atoms with Crippen molar-refractivity contribution in [2.45, 2.75) is 83.6 Å². The first-order valence-electron chi connectivity index (χ1n) is 8.17. The standard InChI is InChI=1S/C16H29NO5.2K/c1-2-3-4-5-6-7-8-9-10-14(18)17-13(16(21)22)11-12-15(19)20;;/h13H,2-12H2,1H3,(H,17,18)(H,19,20)(H,21,22);;/q;2*+1/p-2/t13-;;/m0../s1. The van der Waals surface area contributed by atoms with Crippen molar-refractivity contribution in [2.24, 2.45) is 0 Å².